The summed E-state index contributed by atoms with van der Waals surface area (Å²) in [4.78, 5) is 0. The number of rotatable bonds is 14. The van der Waals surface area contributed by atoms with Crippen LogP contribution in [0.25, 0.3) is 0 Å². The lowest BCUT2D eigenvalue weighted by Gasteiger charge is -2.39. The highest BCUT2D eigenvalue weighted by molar-refractivity contribution is 7.64. The molecular weight excluding hydrogens is 843 g/mol. The van der Waals surface area contributed by atoms with Gasteiger partial charge in [-0.2, -0.15) is 70.2 Å². The molecular formula is C21H19Cl3F20O3Si2. The van der Waals surface area contributed by atoms with Crippen LogP contribution in [0.3, 0.4) is 0 Å². The van der Waals surface area contributed by atoms with Crippen LogP contribution in [-0.4, -0.2) is 70.4 Å². The molecule has 0 saturated heterocycles. The van der Waals surface area contributed by atoms with Gasteiger partial charge in [0.05, 0.1) is 5.19 Å². The summed E-state index contributed by atoms with van der Waals surface area (Å²) >= 11 is 15.0. The Morgan fingerprint density at radius 3 is 1.10 bits per heavy atom. The van der Waals surface area contributed by atoms with E-state index in [9.17, 15) is 87.8 Å². The molecule has 0 fully saturated rings. The lowest BCUT2D eigenvalue weighted by atomic mass is 9.93. The van der Waals surface area contributed by atoms with Crippen molar-refractivity contribution in [1.29, 1.82) is 0 Å². The Labute approximate surface area is 278 Å². The molecule has 0 amide bonds. The summed E-state index contributed by atoms with van der Waals surface area (Å²) in [5.41, 5.74) is -2.66. The average Bonchev–Trinajstić information content (AvgIpc) is 2.89. The van der Waals surface area contributed by atoms with E-state index in [1.807, 2.05) is 0 Å². The fourth-order valence-electron chi connectivity index (χ4n) is 3.32. The largest absolute Gasteiger partial charge is 0.543 e. The van der Waals surface area contributed by atoms with Crippen molar-refractivity contribution in [2.75, 3.05) is 19.8 Å². The maximum atomic E-state index is 14.2. The Morgan fingerprint density at radius 1 is 0.510 bits per heavy atom. The lowest BCUT2D eigenvalue weighted by molar-refractivity contribution is -0.439. The molecule has 0 aliphatic carbocycles. The van der Waals surface area contributed by atoms with Crippen molar-refractivity contribution in [3.63, 3.8) is 0 Å². The number of hydrogen-bond acceptors (Lipinski definition) is 3. The zero-order valence-corrected chi connectivity index (χ0v) is 28.2. The first kappa shape index (κ1) is 48.0. The second-order valence-corrected chi connectivity index (χ2v) is 20.7. The second-order valence-electron chi connectivity index (χ2n) is 8.97. The van der Waals surface area contributed by atoms with E-state index in [-0.39, 0.29) is 19.8 Å². The Morgan fingerprint density at radius 2 is 0.837 bits per heavy atom. The molecule has 1 rings (SSSR count). The van der Waals surface area contributed by atoms with Gasteiger partial charge in [0.25, 0.3) is 0 Å². The molecule has 49 heavy (non-hydrogen) atoms. The molecule has 1 aromatic carbocycles. The summed E-state index contributed by atoms with van der Waals surface area (Å²) < 4.78 is 274. The van der Waals surface area contributed by atoms with Crippen molar-refractivity contribution in [3.8, 4) is 0 Å². The highest BCUT2D eigenvalue weighted by atomic mass is 35.8. The smallest absolute Gasteiger partial charge is 0.370 e. The minimum atomic E-state index is -7.91. The van der Waals surface area contributed by atoms with Crippen LogP contribution in [0.5, 0.6) is 0 Å². The van der Waals surface area contributed by atoms with E-state index in [0.29, 0.717) is 0 Å². The maximum absolute atomic E-state index is 14.2. The molecule has 0 aliphatic heterocycles. The SMILES string of the molecule is CCO[Si](OCC)(OCC)c1c(F)c(F)c(C(F)(F)F)c(F)c1F.FC(F)(F)C(F)(F)C(F)(F)C(F)(F)C(F)(F)C(F)(F)CC[Si](Cl)(Cl)Cl. The molecule has 0 saturated carbocycles. The Balaban J connectivity index is 0.000000941. The van der Waals surface area contributed by atoms with Gasteiger partial charge in [-0.1, -0.05) is 0 Å². The third kappa shape index (κ3) is 9.71. The Bertz CT molecular complexity index is 1230. The first-order valence-electron chi connectivity index (χ1n) is 12.4. The van der Waals surface area contributed by atoms with Crippen LogP contribution in [0, 0.1) is 23.3 Å². The van der Waals surface area contributed by atoms with Gasteiger partial charge in [-0.25, -0.2) is 17.6 Å². The van der Waals surface area contributed by atoms with E-state index in [1.165, 1.54) is 20.8 Å². The molecule has 28 heteroatoms. The summed E-state index contributed by atoms with van der Waals surface area (Å²) in [6.45, 7) is 3.55. The van der Waals surface area contributed by atoms with Crippen molar-refractivity contribution in [2.24, 2.45) is 0 Å². The molecule has 0 unspecified atom stereocenters. The highest BCUT2D eigenvalue weighted by Gasteiger charge is 2.90. The van der Waals surface area contributed by atoms with Crippen LogP contribution in [-0.2, 0) is 19.5 Å². The van der Waals surface area contributed by atoms with Gasteiger partial charge in [-0.3, -0.25) is 0 Å². The molecule has 0 spiro atoms. The molecule has 0 aromatic heterocycles. The molecule has 0 heterocycles. The van der Waals surface area contributed by atoms with Crippen molar-refractivity contribution in [1.82, 2.24) is 0 Å². The predicted molar refractivity (Wildman–Crippen MR) is 135 cm³/mol. The molecule has 3 nitrogen and oxygen atoms in total. The average molecular weight is 862 g/mol. The van der Waals surface area contributed by atoms with E-state index < -0.39 is 103 Å². The van der Waals surface area contributed by atoms with E-state index in [4.69, 9.17) is 46.5 Å². The highest BCUT2D eigenvalue weighted by Crippen LogP contribution is 2.61. The molecule has 0 bridgehead atoms. The van der Waals surface area contributed by atoms with Crippen LogP contribution in [0.1, 0.15) is 32.8 Å². The van der Waals surface area contributed by atoms with Crippen LogP contribution in [0.4, 0.5) is 87.8 Å². The van der Waals surface area contributed by atoms with Crippen LogP contribution in [0.2, 0.25) is 6.04 Å². The lowest BCUT2D eigenvalue weighted by Crippen LogP contribution is -2.70. The Hall–Kier alpha value is -0.996. The van der Waals surface area contributed by atoms with Gasteiger partial charge in [0, 0.05) is 26.2 Å². The van der Waals surface area contributed by atoms with E-state index in [1.54, 1.807) is 0 Å². The fraction of sp³-hybridized carbons (Fsp3) is 0.714. The third-order valence-electron chi connectivity index (χ3n) is 5.58. The first-order valence-corrected chi connectivity index (χ1v) is 19.4. The van der Waals surface area contributed by atoms with Crippen molar-refractivity contribution < 1.29 is 101 Å². The van der Waals surface area contributed by atoms with Crippen molar-refractivity contribution in [3.05, 3.63) is 28.8 Å². The summed E-state index contributed by atoms with van der Waals surface area (Å²) in [5, 5.41) is -1.42. The molecule has 0 radical (unpaired) electrons. The van der Waals surface area contributed by atoms with Gasteiger partial charge < -0.3 is 13.3 Å². The fourth-order valence-corrected chi connectivity index (χ4v) is 7.35. The number of benzene rings is 1. The topological polar surface area (TPSA) is 27.7 Å². The van der Waals surface area contributed by atoms with Gasteiger partial charge in [0.15, 0.2) is 23.3 Å². The summed E-state index contributed by atoms with van der Waals surface area (Å²) in [6.07, 6.45) is -15.5. The monoisotopic (exact) mass is 860 g/mol. The number of alkyl halides is 16. The number of hydrogen-bond donors (Lipinski definition) is 0. The van der Waals surface area contributed by atoms with E-state index in [2.05, 4.69) is 0 Å². The van der Waals surface area contributed by atoms with Gasteiger partial charge in [-0.15, -0.1) is 33.2 Å². The molecule has 0 aliphatic rings. The summed E-state index contributed by atoms with van der Waals surface area (Å²) in [7, 11) is -4.50. The summed E-state index contributed by atoms with van der Waals surface area (Å²) in [6, 6.07) is -5.68. The second kappa shape index (κ2) is 15.9. The molecule has 0 N–H and O–H groups in total. The third-order valence-corrected chi connectivity index (χ3v) is 11.2. The van der Waals surface area contributed by atoms with Crippen molar-refractivity contribution >= 4 is 53.2 Å². The molecule has 290 valence electrons. The molecule has 0 atom stereocenters. The first-order chi connectivity index (χ1) is 21.5. The van der Waals surface area contributed by atoms with E-state index >= 15 is 0 Å². The van der Waals surface area contributed by atoms with E-state index in [0.717, 1.165) is 0 Å². The van der Waals surface area contributed by atoms with Gasteiger partial charge >= 0.3 is 56.8 Å². The van der Waals surface area contributed by atoms with Crippen LogP contribution in [0.15, 0.2) is 0 Å². The minimum Gasteiger partial charge on any atom is -0.370 e. The zero-order valence-electron chi connectivity index (χ0n) is 24.0. The molecule has 1 aromatic rings. The standard InChI is InChI=1S/C13H15F7O3Si.C8H4Cl3F13Si/c1-4-21-24(22-5-2,23-6-3)12-10(16)8(14)7(13(18,19)20)9(15)11(12)17;9-25(10,11)2-1-3(12,13)4(14,15)5(16,17)6(18,19)7(20,21)8(22,23)24/h4-6H2,1-3H3;1-2H2. The predicted octanol–water partition coefficient (Wildman–Crippen LogP) is 10.3. The van der Waals surface area contributed by atoms with Crippen LogP contribution >= 0.6 is 33.2 Å². The van der Waals surface area contributed by atoms with Gasteiger partial charge in [-0.05, 0) is 26.8 Å². The van der Waals surface area contributed by atoms with Gasteiger partial charge in [0.1, 0.15) is 5.56 Å². The van der Waals surface area contributed by atoms with Gasteiger partial charge in [0.2, 0.25) is 0 Å². The zero-order chi connectivity index (χ0) is 39.6. The normalized spacial score (nSPS) is 14.6. The quantitative estimate of drug-likeness (QED) is 0.0808. The minimum absolute atomic E-state index is 0.213. The van der Waals surface area contributed by atoms with Crippen molar-refractivity contribution in [2.45, 2.75) is 75.2 Å². The summed E-state index contributed by atoms with van der Waals surface area (Å²) in [5.74, 6) is -46.6. The maximum Gasteiger partial charge on any atom is 0.543 e. The Kier molecular flexibility index (Phi) is 15.6. The van der Waals surface area contributed by atoms with Crippen LogP contribution < -0.4 is 5.19 Å². The number of halogens is 23.